The molecule has 2 aliphatic heterocycles. The summed E-state index contributed by atoms with van der Waals surface area (Å²) in [6.07, 6.45) is 4.68. The number of nitrogens with one attached hydrogen (secondary N) is 2. The molecule has 0 saturated carbocycles. The van der Waals surface area contributed by atoms with E-state index in [-0.39, 0.29) is 29.4 Å². The topological polar surface area (TPSA) is 145 Å². The summed E-state index contributed by atoms with van der Waals surface area (Å²) in [5, 5.41) is 20.4. The fourth-order valence-corrected chi connectivity index (χ4v) is 7.47. The Kier molecular flexibility index (Phi) is 7.80. The molecule has 3 heterocycles. The zero-order chi connectivity index (χ0) is 25.6. The maximum Gasteiger partial charge on any atom is 0.290 e. The van der Waals surface area contributed by atoms with Crippen molar-refractivity contribution in [1.29, 1.82) is 0 Å². The molecule has 3 N–H and O–H groups in total. The van der Waals surface area contributed by atoms with Crippen molar-refractivity contribution in [3.8, 4) is 0 Å². The Morgan fingerprint density at radius 2 is 1.81 bits per heavy atom. The van der Waals surface area contributed by atoms with E-state index in [9.17, 15) is 13.2 Å². The lowest BCUT2D eigenvalue weighted by Crippen LogP contribution is -2.51. The molecule has 190 valence electrons. The van der Waals surface area contributed by atoms with Gasteiger partial charge in [-0.2, -0.15) is 19.7 Å². The van der Waals surface area contributed by atoms with Crippen molar-refractivity contribution >= 4 is 22.4 Å². The zero-order valence-corrected chi connectivity index (χ0v) is 20.5. The molecule has 3 atom stereocenters. The number of hydrogen-bond donors (Lipinski definition) is 3. The van der Waals surface area contributed by atoms with Gasteiger partial charge < -0.3 is 10.4 Å². The van der Waals surface area contributed by atoms with E-state index in [4.69, 9.17) is 9.90 Å². The van der Waals surface area contributed by atoms with Gasteiger partial charge in [0.05, 0.1) is 22.2 Å². The third-order valence-corrected chi connectivity index (χ3v) is 8.92. The van der Waals surface area contributed by atoms with Gasteiger partial charge in [0.1, 0.15) is 0 Å². The number of aromatic nitrogens is 3. The summed E-state index contributed by atoms with van der Waals surface area (Å²) < 4.78 is 28.8. The molecule has 1 aromatic heterocycles. The molecule has 2 aliphatic rings. The molecule has 0 aliphatic carbocycles. The Balaban J connectivity index is 0.000000967. The number of carbonyl (C=O) groups excluding carboxylic acids is 1. The largest absolute Gasteiger partial charge is 0.483 e. The standard InChI is InChI=1S/C24H27N5O3S.CH2O2/c30-23(25-14-13-19-17-26-28-27-19)24(15-18-7-3-1-4-8-18)16-20-11-12-22(24)29(20)33(31,32)21-9-5-2-6-10-21;2-1-3/h1-10,17,20,22H,11-16H2,(H,25,30)(H,26,27,28);1H,(H,2,3)/t20-,22+,24+;/m1./s1. The lowest BCUT2D eigenvalue weighted by molar-refractivity contribution is -0.132. The first-order valence-electron chi connectivity index (χ1n) is 11.8. The van der Waals surface area contributed by atoms with E-state index in [1.54, 1.807) is 40.8 Å². The van der Waals surface area contributed by atoms with Crippen molar-refractivity contribution in [2.24, 2.45) is 5.41 Å². The second-order valence-electron chi connectivity index (χ2n) is 8.99. The molecule has 5 rings (SSSR count). The molecule has 3 aromatic rings. The van der Waals surface area contributed by atoms with Crippen molar-refractivity contribution in [2.45, 2.75) is 49.1 Å². The summed E-state index contributed by atoms with van der Waals surface area (Å²) in [5.41, 5.74) is 0.998. The molecule has 1 amide bonds. The Bertz CT molecular complexity index is 1250. The van der Waals surface area contributed by atoms with E-state index in [1.807, 2.05) is 30.3 Å². The predicted octanol–water partition coefficient (Wildman–Crippen LogP) is 2.02. The molecular formula is C25H29N5O5S. The molecule has 0 radical (unpaired) electrons. The molecule has 0 unspecified atom stereocenters. The third kappa shape index (κ3) is 5.02. The van der Waals surface area contributed by atoms with E-state index in [1.165, 1.54) is 0 Å². The van der Waals surface area contributed by atoms with Gasteiger partial charge in [-0.15, -0.1) is 0 Å². The number of aromatic amines is 1. The number of carbonyl (C=O) groups is 2. The third-order valence-electron chi connectivity index (χ3n) is 6.94. The second kappa shape index (κ2) is 11.0. The number of rotatable bonds is 8. The van der Waals surface area contributed by atoms with Crippen LogP contribution in [0, 0.1) is 5.41 Å². The van der Waals surface area contributed by atoms with Gasteiger partial charge >= 0.3 is 0 Å². The number of amides is 1. The summed E-state index contributed by atoms with van der Waals surface area (Å²) in [4.78, 5) is 22.4. The van der Waals surface area contributed by atoms with Crippen LogP contribution in [-0.4, -0.2) is 64.2 Å². The van der Waals surface area contributed by atoms with Crippen LogP contribution in [0.5, 0.6) is 0 Å². The molecule has 2 saturated heterocycles. The van der Waals surface area contributed by atoms with E-state index in [0.29, 0.717) is 32.2 Å². The Labute approximate surface area is 209 Å². The van der Waals surface area contributed by atoms with Gasteiger partial charge in [-0.1, -0.05) is 48.5 Å². The summed E-state index contributed by atoms with van der Waals surface area (Å²) in [6, 6.07) is 17.9. The van der Waals surface area contributed by atoms with Gasteiger partial charge in [-0.3, -0.25) is 9.59 Å². The summed E-state index contributed by atoms with van der Waals surface area (Å²) in [5.74, 6) is -0.0877. The van der Waals surface area contributed by atoms with Crippen LogP contribution in [0.2, 0.25) is 0 Å². The quantitative estimate of drug-likeness (QED) is 0.392. The van der Waals surface area contributed by atoms with Gasteiger partial charge in [-0.05, 0) is 43.4 Å². The smallest absolute Gasteiger partial charge is 0.290 e. The lowest BCUT2D eigenvalue weighted by atomic mass is 9.69. The molecule has 2 fully saturated rings. The second-order valence-corrected chi connectivity index (χ2v) is 10.8. The first kappa shape index (κ1) is 25.5. The van der Waals surface area contributed by atoms with Gasteiger partial charge in [0.2, 0.25) is 15.9 Å². The highest BCUT2D eigenvalue weighted by Gasteiger charge is 2.62. The highest BCUT2D eigenvalue weighted by molar-refractivity contribution is 7.89. The number of sulfonamides is 1. The molecule has 10 nitrogen and oxygen atoms in total. The average molecular weight is 512 g/mol. The molecular weight excluding hydrogens is 482 g/mol. The van der Waals surface area contributed by atoms with Crippen molar-refractivity contribution in [1.82, 2.24) is 25.0 Å². The fourth-order valence-electron chi connectivity index (χ4n) is 5.51. The van der Waals surface area contributed by atoms with Crippen molar-refractivity contribution in [3.05, 3.63) is 78.1 Å². The molecule has 2 bridgehead atoms. The number of nitrogens with zero attached hydrogens (tertiary/aromatic N) is 3. The Hall–Kier alpha value is -3.57. The predicted molar refractivity (Wildman–Crippen MR) is 131 cm³/mol. The number of hydrogen-bond acceptors (Lipinski definition) is 6. The SMILES string of the molecule is O=C(NCCc1cn[nH]n1)[C@@]1(Cc2ccccc2)C[C@H]2CC[C@@H]1N2S(=O)(=O)c1ccccc1.O=CO. The molecule has 36 heavy (non-hydrogen) atoms. The first-order valence-corrected chi connectivity index (χ1v) is 13.2. The van der Waals surface area contributed by atoms with Crippen LogP contribution in [0.4, 0.5) is 0 Å². The van der Waals surface area contributed by atoms with E-state index < -0.39 is 15.4 Å². The average Bonchev–Trinajstić information content (AvgIpc) is 3.62. The van der Waals surface area contributed by atoms with E-state index in [0.717, 1.165) is 17.7 Å². The van der Waals surface area contributed by atoms with Crippen LogP contribution in [0.25, 0.3) is 0 Å². The minimum atomic E-state index is -3.70. The van der Waals surface area contributed by atoms with Crippen LogP contribution in [-0.2, 0) is 32.5 Å². The Morgan fingerprint density at radius 3 is 2.44 bits per heavy atom. The van der Waals surface area contributed by atoms with Crippen LogP contribution in [0.1, 0.15) is 30.5 Å². The highest BCUT2D eigenvalue weighted by Crippen LogP contribution is 2.53. The first-order chi connectivity index (χ1) is 17.4. The highest BCUT2D eigenvalue weighted by atomic mass is 32.2. The maximum atomic E-state index is 13.7. The van der Waals surface area contributed by atoms with Gasteiger partial charge in [0, 0.05) is 25.0 Å². The molecule has 11 heteroatoms. The van der Waals surface area contributed by atoms with Crippen LogP contribution >= 0.6 is 0 Å². The van der Waals surface area contributed by atoms with Gasteiger partial charge in [-0.25, -0.2) is 8.42 Å². The monoisotopic (exact) mass is 511 g/mol. The maximum absolute atomic E-state index is 13.7. The normalized spacial score (nSPS) is 23.0. The van der Waals surface area contributed by atoms with Crippen molar-refractivity contribution in [2.75, 3.05) is 6.54 Å². The minimum absolute atomic E-state index is 0.0877. The van der Waals surface area contributed by atoms with E-state index >= 15 is 0 Å². The number of fused-ring (bicyclic) bond motifs is 2. The van der Waals surface area contributed by atoms with Gasteiger partial charge in [0.15, 0.2) is 0 Å². The van der Waals surface area contributed by atoms with Crippen molar-refractivity contribution in [3.63, 3.8) is 0 Å². The van der Waals surface area contributed by atoms with Crippen LogP contribution in [0.15, 0.2) is 71.8 Å². The summed E-state index contributed by atoms with van der Waals surface area (Å²) in [7, 11) is -3.70. The van der Waals surface area contributed by atoms with Gasteiger partial charge in [0.25, 0.3) is 6.47 Å². The molecule has 2 aromatic carbocycles. The molecule has 0 spiro atoms. The van der Waals surface area contributed by atoms with Crippen LogP contribution in [0.3, 0.4) is 0 Å². The zero-order valence-electron chi connectivity index (χ0n) is 19.7. The number of benzene rings is 2. The number of carboxylic acid groups (broad SMARTS) is 1. The van der Waals surface area contributed by atoms with Crippen molar-refractivity contribution < 1.29 is 23.1 Å². The van der Waals surface area contributed by atoms with E-state index in [2.05, 4.69) is 20.7 Å². The lowest BCUT2D eigenvalue weighted by Gasteiger charge is -2.36. The number of H-pyrrole nitrogens is 1. The fraction of sp³-hybridized carbons (Fsp3) is 0.360. The Morgan fingerprint density at radius 1 is 1.14 bits per heavy atom. The summed E-state index contributed by atoms with van der Waals surface area (Å²) >= 11 is 0. The summed E-state index contributed by atoms with van der Waals surface area (Å²) in [6.45, 7) is 0.171. The van der Waals surface area contributed by atoms with Crippen LogP contribution < -0.4 is 5.32 Å². The minimum Gasteiger partial charge on any atom is -0.483 e.